The van der Waals surface area contributed by atoms with Crippen LogP contribution >= 0.6 is 0 Å². The van der Waals surface area contributed by atoms with Gasteiger partial charge in [0.25, 0.3) is 0 Å². The SMILES string of the molecule is Cc1nonc1N1CCN(Cc2nc(Cc3cccc(C(F)(F)F)c3)no2)CC1. The third-order valence-corrected chi connectivity index (χ3v) is 4.79. The maximum Gasteiger partial charge on any atom is 0.416 e. The molecule has 2 aromatic heterocycles. The molecule has 0 saturated carbocycles. The largest absolute Gasteiger partial charge is 0.416 e. The molecule has 0 atom stereocenters. The van der Waals surface area contributed by atoms with Crippen molar-refractivity contribution in [2.75, 3.05) is 31.1 Å². The smallest absolute Gasteiger partial charge is 0.350 e. The lowest BCUT2D eigenvalue weighted by molar-refractivity contribution is -0.137. The molecule has 0 spiro atoms. The standard InChI is InChI=1S/C18H19F3N6O2/c1-12-17(25-29-23-12)27-7-5-26(6-8-27)11-16-22-15(24-28-16)10-13-3-2-4-14(9-13)18(19,20)21/h2-4,9H,5-8,10-11H2,1H3. The Kier molecular flexibility index (Phi) is 5.22. The third-order valence-electron chi connectivity index (χ3n) is 4.79. The maximum absolute atomic E-state index is 12.8. The van der Waals surface area contributed by atoms with Crippen molar-refractivity contribution >= 4 is 5.82 Å². The number of piperazine rings is 1. The second-order valence-electron chi connectivity index (χ2n) is 6.92. The molecule has 0 radical (unpaired) electrons. The number of hydrogen-bond donors (Lipinski definition) is 0. The van der Waals surface area contributed by atoms with Crippen molar-refractivity contribution in [2.24, 2.45) is 0 Å². The summed E-state index contributed by atoms with van der Waals surface area (Å²) in [4.78, 5) is 8.60. The van der Waals surface area contributed by atoms with Crippen LogP contribution in [0.15, 0.2) is 33.4 Å². The highest BCUT2D eigenvalue weighted by Gasteiger charge is 2.30. The molecule has 1 saturated heterocycles. The van der Waals surface area contributed by atoms with Crippen molar-refractivity contribution in [2.45, 2.75) is 26.1 Å². The molecule has 0 bridgehead atoms. The van der Waals surface area contributed by atoms with Gasteiger partial charge < -0.3 is 9.42 Å². The number of rotatable bonds is 5. The fraction of sp³-hybridized carbons (Fsp3) is 0.444. The van der Waals surface area contributed by atoms with Crippen LogP contribution in [-0.4, -0.2) is 51.5 Å². The van der Waals surface area contributed by atoms with Gasteiger partial charge in [0.2, 0.25) is 5.89 Å². The maximum atomic E-state index is 12.8. The summed E-state index contributed by atoms with van der Waals surface area (Å²) in [7, 11) is 0. The van der Waals surface area contributed by atoms with Crippen molar-refractivity contribution in [3.05, 3.63) is 52.8 Å². The van der Waals surface area contributed by atoms with Gasteiger partial charge in [-0.2, -0.15) is 18.2 Å². The van der Waals surface area contributed by atoms with E-state index in [4.69, 9.17) is 9.15 Å². The summed E-state index contributed by atoms with van der Waals surface area (Å²) >= 11 is 0. The molecular weight excluding hydrogens is 389 g/mol. The Labute approximate surface area is 164 Å². The van der Waals surface area contributed by atoms with Crippen molar-refractivity contribution in [3.8, 4) is 0 Å². The van der Waals surface area contributed by atoms with Crippen LogP contribution in [0.1, 0.15) is 28.5 Å². The van der Waals surface area contributed by atoms with Crippen LogP contribution in [0.3, 0.4) is 0 Å². The van der Waals surface area contributed by atoms with Gasteiger partial charge in [-0.3, -0.25) is 4.90 Å². The summed E-state index contributed by atoms with van der Waals surface area (Å²) in [5.41, 5.74) is 0.557. The van der Waals surface area contributed by atoms with Crippen LogP contribution in [0.5, 0.6) is 0 Å². The van der Waals surface area contributed by atoms with E-state index in [-0.39, 0.29) is 6.42 Å². The van der Waals surface area contributed by atoms with Crippen molar-refractivity contribution < 1.29 is 22.3 Å². The molecule has 1 fully saturated rings. The van der Waals surface area contributed by atoms with Crippen LogP contribution in [0.25, 0.3) is 0 Å². The molecule has 11 heteroatoms. The fourth-order valence-electron chi connectivity index (χ4n) is 3.29. The van der Waals surface area contributed by atoms with E-state index < -0.39 is 11.7 Å². The van der Waals surface area contributed by atoms with E-state index in [2.05, 4.69) is 30.3 Å². The zero-order chi connectivity index (χ0) is 20.4. The second kappa shape index (κ2) is 7.82. The van der Waals surface area contributed by atoms with Crippen molar-refractivity contribution in [1.82, 2.24) is 25.4 Å². The third kappa shape index (κ3) is 4.56. The first-order chi connectivity index (χ1) is 13.9. The quantitative estimate of drug-likeness (QED) is 0.637. The fourth-order valence-corrected chi connectivity index (χ4v) is 3.29. The summed E-state index contributed by atoms with van der Waals surface area (Å²) in [5.74, 6) is 1.56. The Bertz CT molecular complexity index is 962. The summed E-state index contributed by atoms with van der Waals surface area (Å²) in [6, 6.07) is 5.15. The number of hydrogen-bond acceptors (Lipinski definition) is 8. The molecule has 0 amide bonds. The zero-order valence-corrected chi connectivity index (χ0v) is 15.7. The van der Waals surface area contributed by atoms with E-state index in [1.165, 1.54) is 6.07 Å². The average molecular weight is 408 g/mol. The summed E-state index contributed by atoms with van der Waals surface area (Å²) in [6.07, 6.45) is -4.19. The number of halogens is 3. The summed E-state index contributed by atoms with van der Waals surface area (Å²) in [6.45, 7) is 5.41. The molecule has 0 unspecified atom stereocenters. The van der Waals surface area contributed by atoms with Gasteiger partial charge in [0.15, 0.2) is 11.6 Å². The Balaban J connectivity index is 1.33. The predicted molar refractivity (Wildman–Crippen MR) is 95.1 cm³/mol. The molecule has 1 aliphatic rings. The van der Waals surface area contributed by atoms with Gasteiger partial charge in [0, 0.05) is 32.6 Å². The van der Waals surface area contributed by atoms with Crippen LogP contribution in [0.4, 0.5) is 19.0 Å². The van der Waals surface area contributed by atoms with Gasteiger partial charge in [-0.1, -0.05) is 28.5 Å². The first-order valence-electron chi connectivity index (χ1n) is 9.12. The molecular formula is C18H19F3N6O2. The molecule has 154 valence electrons. The number of aryl methyl sites for hydroxylation is 1. The Morgan fingerprint density at radius 3 is 2.55 bits per heavy atom. The molecule has 1 aliphatic heterocycles. The zero-order valence-electron chi connectivity index (χ0n) is 15.7. The lowest BCUT2D eigenvalue weighted by Gasteiger charge is -2.33. The van der Waals surface area contributed by atoms with Crippen LogP contribution in [-0.2, 0) is 19.1 Å². The first kappa shape index (κ1) is 19.4. The minimum absolute atomic E-state index is 0.180. The normalized spacial score (nSPS) is 15.8. The van der Waals surface area contributed by atoms with E-state index in [1.54, 1.807) is 6.07 Å². The Morgan fingerprint density at radius 1 is 1.07 bits per heavy atom. The highest BCUT2D eigenvalue weighted by atomic mass is 19.4. The summed E-state index contributed by atoms with van der Waals surface area (Å²) in [5, 5.41) is 11.6. The van der Waals surface area contributed by atoms with Gasteiger partial charge in [0.1, 0.15) is 5.69 Å². The number of anilines is 1. The number of benzene rings is 1. The molecule has 29 heavy (non-hydrogen) atoms. The van der Waals surface area contributed by atoms with E-state index in [0.717, 1.165) is 49.8 Å². The number of alkyl halides is 3. The lowest BCUT2D eigenvalue weighted by atomic mass is 10.1. The highest BCUT2D eigenvalue weighted by Crippen LogP contribution is 2.29. The van der Waals surface area contributed by atoms with Crippen LogP contribution in [0.2, 0.25) is 0 Å². The lowest BCUT2D eigenvalue weighted by Crippen LogP contribution is -2.46. The van der Waals surface area contributed by atoms with Crippen LogP contribution < -0.4 is 4.90 Å². The van der Waals surface area contributed by atoms with Crippen LogP contribution in [0, 0.1) is 6.92 Å². The molecule has 4 rings (SSSR count). The first-order valence-corrected chi connectivity index (χ1v) is 9.12. The van der Waals surface area contributed by atoms with E-state index in [9.17, 15) is 13.2 Å². The minimum atomic E-state index is -4.37. The topological polar surface area (TPSA) is 84.3 Å². The molecule has 0 N–H and O–H groups in total. The Hall–Kier alpha value is -2.95. The molecule has 3 heterocycles. The van der Waals surface area contributed by atoms with Gasteiger partial charge in [0.05, 0.1) is 12.1 Å². The molecule has 8 nitrogen and oxygen atoms in total. The molecule has 3 aromatic rings. The second-order valence-corrected chi connectivity index (χ2v) is 6.92. The monoisotopic (exact) mass is 408 g/mol. The highest BCUT2D eigenvalue weighted by molar-refractivity contribution is 5.41. The van der Waals surface area contributed by atoms with E-state index in [0.29, 0.717) is 23.8 Å². The predicted octanol–water partition coefficient (Wildman–Crippen LogP) is 2.69. The minimum Gasteiger partial charge on any atom is -0.350 e. The Morgan fingerprint density at radius 2 is 1.86 bits per heavy atom. The molecule has 0 aliphatic carbocycles. The van der Waals surface area contributed by atoms with Gasteiger partial charge in [-0.25, -0.2) is 4.63 Å². The van der Waals surface area contributed by atoms with Crippen molar-refractivity contribution in [3.63, 3.8) is 0 Å². The van der Waals surface area contributed by atoms with E-state index >= 15 is 0 Å². The molecule has 1 aromatic carbocycles. The van der Waals surface area contributed by atoms with Gasteiger partial charge in [-0.15, -0.1) is 0 Å². The van der Waals surface area contributed by atoms with E-state index in [1.807, 2.05) is 6.92 Å². The number of aromatic nitrogens is 4. The van der Waals surface area contributed by atoms with Crippen molar-refractivity contribution in [1.29, 1.82) is 0 Å². The van der Waals surface area contributed by atoms with Gasteiger partial charge in [-0.05, 0) is 23.7 Å². The van der Waals surface area contributed by atoms with Gasteiger partial charge >= 0.3 is 6.18 Å². The summed E-state index contributed by atoms with van der Waals surface area (Å²) < 4.78 is 48.5. The average Bonchev–Trinajstić information content (AvgIpc) is 3.31. The number of nitrogens with zero attached hydrogens (tertiary/aromatic N) is 6.